The van der Waals surface area contributed by atoms with E-state index in [1.54, 1.807) is 48.5 Å². The number of aliphatic hydroxyl groups is 3. The summed E-state index contributed by atoms with van der Waals surface area (Å²) in [4.78, 5) is 23.8. The van der Waals surface area contributed by atoms with E-state index in [1.165, 1.54) is 6.92 Å². The summed E-state index contributed by atoms with van der Waals surface area (Å²) in [6.45, 7) is 0.579. The number of hydrogen-bond acceptors (Lipinski definition) is 5. The number of carbonyl (C=O) groups is 2. The molecule has 0 bridgehead atoms. The lowest BCUT2D eigenvalue weighted by Gasteiger charge is -2.19. The predicted molar refractivity (Wildman–Crippen MR) is 108 cm³/mol. The predicted octanol–water partition coefficient (Wildman–Crippen LogP) is 0.623. The van der Waals surface area contributed by atoms with Crippen LogP contribution in [0.25, 0.3) is 0 Å². The second-order valence-electron chi connectivity index (χ2n) is 6.25. The summed E-state index contributed by atoms with van der Waals surface area (Å²) in [5, 5.41) is 29.9. The summed E-state index contributed by atoms with van der Waals surface area (Å²) in [5.74, 6) is 10.0. The van der Waals surface area contributed by atoms with E-state index in [-0.39, 0.29) is 6.61 Å². The zero-order valence-corrected chi connectivity index (χ0v) is 15.8. The molecule has 0 fully saturated rings. The molecule has 4 N–H and O–H groups in total. The number of hydrogen-bond donors (Lipinski definition) is 4. The number of carbonyl (C=O) groups excluding carboxylic acids is 2. The van der Waals surface area contributed by atoms with Gasteiger partial charge in [0.1, 0.15) is 12.6 Å². The monoisotopic (exact) mass is 391 g/mol. The van der Waals surface area contributed by atoms with E-state index in [0.717, 1.165) is 11.1 Å². The molecule has 1 amide bonds. The minimum Gasteiger partial charge on any atom is -0.392 e. The van der Waals surface area contributed by atoms with Crippen LogP contribution in [0.5, 0.6) is 0 Å². The number of nitrogens with one attached hydrogen (secondary N) is 1. The molecule has 0 aromatic heterocycles. The summed E-state index contributed by atoms with van der Waals surface area (Å²) in [6, 6.07) is 12.4. The molecule has 0 saturated heterocycles. The number of rotatable bonds is 6. The summed E-state index contributed by atoms with van der Waals surface area (Å²) < 4.78 is 0. The molecular weight excluding hydrogens is 370 g/mol. The van der Waals surface area contributed by atoms with Crippen molar-refractivity contribution in [2.45, 2.75) is 25.7 Å². The molecule has 2 rings (SSSR count). The Labute approximate surface area is 169 Å². The Kier molecular flexibility index (Phi) is 8.14. The average molecular weight is 391 g/mol. The van der Waals surface area contributed by atoms with Crippen LogP contribution in [-0.2, 0) is 11.4 Å². The highest BCUT2D eigenvalue weighted by Crippen LogP contribution is 2.05. The van der Waals surface area contributed by atoms with Gasteiger partial charge in [0, 0.05) is 16.7 Å². The van der Waals surface area contributed by atoms with Crippen LogP contribution in [0.2, 0.25) is 0 Å². The third-order valence-electron chi connectivity index (χ3n) is 4.03. The van der Waals surface area contributed by atoms with Gasteiger partial charge in [0.05, 0.1) is 12.7 Å². The first-order valence-electron chi connectivity index (χ1n) is 8.89. The van der Waals surface area contributed by atoms with Crippen molar-refractivity contribution < 1.29 is 24.9 Å². The molecule has 6 nitrogen and oxygen atoms in total. The number of amides is 1. The molecule has 0 aliphatic heterocycles. The van der Waals surface area contributed by atoms with Gasteiger partial charge in [-0.05, 0) is 60.7 Å². The fraction of sp³-hybridized carbons (Fsp3) is 0.217. The Bertz CT molecular complexity index is 970. The Balaban J connectivity index is 2.02. The second kappa shape index (κ2) is 10.8. The zero-order chi connectivity index (χ0) is 21.2. The summed E-state index contributed by atoms with van der Waals surface area (Å²) in [6.07, 6.45) is -1.12. The third kappa shape index (κ3) is 6.60. The van der Waals surface area contributed by atoms with Crippen molar-refractivity contribution in [3.63, 3.8) is 0 Å². The lowest BCUT2D eigenvalue weighted by Crippen LogP contribution is -2.48. The lowest BCUT2D eigenvalue weighted by molar-refractivity contribution is -0.125. The first kappa shape index (κ1) is 21.9. The molecule has 0 radical (unpaired) electrons. The van der Waals surface area contributed by atoms with Gasteiger partial charge in [-0.15, -0.1) is 0 Å². The quantitative estimate of drug-likeness (QED) is 0.540. The molecule has 0 unspecified atom stereocenters. The average Bonchev–Trinajstić information content (AvgIpc) is 2.75. The van der Waals surface area contributed by atoms with Gasteiger partial charge >= 0.3 is 0 Å². The molecule has 0 spiro atoms. The van der Waals surface area contributed by atoms with Gasteiger partial charge in [-0.1, -0.05) is 24.0 Å². The smallest absolute Gasteiger partial charge is 0.251 e. The summed E-state index contributed by atoms with van der Waals surface area (Å²) in [7, 11) is 0. The topological polar surface area (TPSA) is 107 Å². The highest BCUT2D eigenvalue weighted by molar-refractivity contribution is 5.98. The van der Waals surface area contributed by atoms with Gasteiger partial charge < -0.3 is 20.6 Å². The molecule has 2 atom stereocenters. The van der Waals surface area contributed by atoms with Crippen molar-refractivity contribution in [1.29, 1.82) is 0 Å². The van der Waals surface area contributed by atoms with Crippen LogP contribution in [-0.4, -0.2) is 45.8 Å². The van der Waals surface area contributed by atoms with E-state index in [2.05, 4.69) is 29.0 Å². The van der Waals surface area contributed by atoms with Crippen LogP contribution in [0.15, 0.2) is 48.5 Å². The van der Waals surface area contributed by atoms with Crippen LogP contribution in [0.4, 0.5) is 0 Å². The maximum absolute atomic E-state index is 12.2. The fourth-order valence-electron chi connectivity index (χ4n) is 2.40. The van der Waals surface area contributed by atoms with Crippen LogP contribution < -0.4 is 5.32 Å². The van der Waals surface area contributed by atoms with E-state index in [4.69, 9.17) is 10.2 Å². The largest absolute Gasteiger partial charge is 0.392 e. The van der Waals surface area contributed by atoms with Crippen LogP contribution in [0.1, 0.15) is 34.0 Å². The van der Waals surface area contributed by atoms with Crippen molar-refractivity contribution >= 4 is 11.7 Å². The highest BCUT2D eigenvalue weighted by atomic mass is 16.3. The highest BCUT2D eigenvalue weighted by Gasteiger charge is 2.25. The Morgan fingerprint density at radius 2 is 1.45 bits per heavy atom. The Hall–Kier alpha value is -3.42. The Morgan fingerprint density at radius 1 is 0.931 bits per heavy atom. The molecule has 29 heavy (non-hydrogen) atoms. The van der Waals surface area contributed by atoms with Crippen molar-refractivity contribution in [2.75, 3.05) is 6.61 Å². The van der Waals surface area contributed by atoms with Gasteiger partial charge in [0.2, 0.25) is 0 Å². The molecule has 6 heteroatoms. The first-order chi connectivity index (χ1) is 13.9. The molecule has 148 valence electrons. The molecular formula is C23H21NO5. The second-order valence-corrected chi connectivity index (χ2v) is 6.25. The molecule has 0 aliphatic carbocycles. The molecule has 0 heterocycles. The molecule has 0 saturated carbocycles. The first-order valence-corrected chi connectivity index (χ1v) is 8.89. The van der Waals surface area contributed by atoms with Gasteiger partial charge in [-0.2, -0.15) is 0 Å². The van der Waals surface area contributed by atoms with E-state index in [0.29, 0.717) is 11.1 Å². The van der Waals surface area contributed by atoms with E-state index in [9.17, 15) is 14.7 Å². The van der Waals surface area contributed by atoms with Crippen LogP contribution >= 0.6 is 0 Å². The van der Waals surface area contributed by atoms with Gasteiger partial charge in [-0.3, -0.25) is 9.59 Å². The van der Waals surface area contributed by atoms with Crippen molar-refractivity contribution in [3.8, 4) is 23.7 Å². The van der Waals surface area contributed by atoms with Crippen molar-refractivity contribution in [1.82, 2.24) is 5.32 Å². The standard InChI is InChI=1S/C23H21NO5/c1-16(27)22(21(28)15-26)24-23(29)20-12-10-18(11-13-20)5-3-2-4-17-6-8-19(14-25)9-7-17/h6-13,16,22,25-27H,14-15H2,1H3,(H,24,29)/t16-,22+/m1/s1. The zero-order valence-electron chi connectivity index (χ0n) is 15.8. The van der Waals surface area contributed by atoms with E-state index >= 15 is 0 Å². The van der Waals surface area contributed by atoms with E-state index in [1.807, 2.05) is 0 Å². The number of ketones is 1. The summed E-state index contributed by atoms with van der Waals surface area (Å²) >= 11 is 0. The maximum Gasteiger partial charge on any atom is 0.251 e. The molecule has 2 aromatic rings. The van der Waals surface area contributed by atoms with Crippen molar-refractivity contribution in [3.05, 3.63) is 70.8 Å². The molecule has 2 aromatic carbocycles. The third-order valence-corrected chi connectivity index (χ3v) is 4.03. The SMILES string of the molecule is C[C@@H](O)[C@H](NC(=O)c1ccc(C#CC#Cc2ccc(CO)cc2)cc1)C(=O)CO. The fourth-order valence-corrected chi connectivity index (χ4v) is 2.40. The van der Waals surface area contributed by atoms with Gasteiger partial charge in [-0.25, -0.2) is 0 Å². The van der Waals surface area contributed by atoms with Crippen LogP contribution in [0, 0.1) is 23.7 Å². The minimum absolute atomic E-state index is 0.0149. The number of benzene rings is 2. The van der Waals surface area contributed by atoms with Gasteiger partial charge in [0.25, 0.3) is 5.91 Å². The van der Waals surface area contributed by atoms with Crippen molar-refractivity contribution in [2.24, 2.45) is 0 Å². The lowest BCUT2D eigenvalue weighted by atomic mass is 10.1. The summed E-state index contributed by atoms with van der Waals surface area (Å²) in [5.41, 5.74) is 2.55. The van der Waals surface area contributed by atoms with Crippen LogP contribution in [0.3, 0.4) is 0 Å². The minimum atomic E-state index is -1.17. The maximum atomic E-state index is 12.2. The molecule has 0 aliphatic rings. The Morgan fingerprint density at radius 3 is 1.90 bits per heavy atom. The van der Waals surface area contributed by atoms with E-state index < -0.39 is 30.4 Å². The number of Topliss-reactive ketones (excluding diaryl/α,β-unsaturated/α-hetero) is 1. The normalized spacial score (nSPS) is 11.9. The van der Waals surface area contributed by atoms with Gasteiger partial charge in [0.15, 0.2) is 5.78 Å². The number of aliphatic hydroxyl groups excluding tert-OH is 3.